The molecule has 3 rings (SSSR count). The van der Waals surface area contributed by atoms with Gasteiger partial charge in [-0.2, -0.15) is 0 Å². The normalized spacial score (nSPS) is 10.7. The number of ether oxygens (including phenoxy) is 1. The molecular formula is C19H20N4O5. The van der Waals surface area contributed by atoms with Gasteiger partial charge in [-0.05, 0) is 32.9 Å². The van der Waals surface area contributed by atoms with Gasteiger partial charge in [-0.3, -0.25) is 14.3 Å². The fraction of sp³-hybridized carbons (Fsp3) is 0.263. The van der Waals surface area contributed by atoms with Gasteiger partial charge in [-0.25, -0.2) is 9.48 Å². The fourth-order valence-electron chi connectivity index (χ4n) is 2.87. The zero-order valence-corrected chi connectivity index (χ0v) is 16.0. The van der Waals surface area contributed by atoms with E-state index >= 15 is 0 Å². The van der Waals surface area contributed by atoms with Crippen molar-refractivity contribution in [3.8, 4) is 5.69 Å². The van der Waals surface area contributed by atoms with E-state index in [0.29, 0.717) is 22.8 Å². The topological polar surface area (TPSA) is 108 Å². The molecule has 2 aromatic heterocycles. The highest BCUT2D eigenvalue weighted by Crippen LogP contribution is 2.15. The summed E-state index contributed by atoms with van der Waals surface area (Å²) >= 11 is 0. The van der Waals surface area contributed by atoms with Gasteiger partial charge in [0, 0.05) is 7.05 Å². The Bertz CT molecular complexity index is 1070. The molecule has 0 radical (unpaired) electrons. The molecule has 9 heteroatoms. The van der Waals surface area contributed by atoms with E-state index in [2.05, 4.69) is 10.5 Å². The van der Waals surface area contributed by atoms with E-state index in [1.165, 1.54) is 4.68 Å². The zero-order chi connectivity index (χ0) is 20.4. The number of aromatic nitrogens is 3. The molecular weight excluding hydrogens is 364 g/mol. The quantitative estimate of drug-likeness (QED) is 0.673. The largest absolute Gasteiger partial charge is 0.452 e. The summed E-state index contributed by atoms with van der Waals surface area (Å²) in [5.74, 6) is -1.02. The number of hydrogen-bond donors (Lipinski definition) is 1. The Hall–Kier alpha value is -3.62. The van der Waals surface area contributed by atoms with Crippen molar-refractivity contribution in [3.63, 3.8) is 0 Å². The van der Waals surface area contributed by atoms with E-state index in [1.807, 2.05) is 18.2 Å². The summed E-state index contributed by atoms with van der Waals surface area (Å²) in [5.41, 5.74) is 1.56. The molecule has 2 heterocycles. The minimum Gasteiger partial charge on any atom is -0.452 e. The molecule has 0 fully saturated rings. The maximum atomic E-state index is 12.8. The standard InChI is InChI=1S/C19H20N4O5/c1-11-16(13(3)28-21-11)19(26)27-10-15(24)20-17-12(2)22(4)23(18(17)25)14-8-6-5-7-9-14/h5-9H,10H2,1-4H3,(H,20,24). The molecule has 0 aliphatic rings. The first kappa shape index (κ1) is 19.2. The Morgan fingerprint density at radius 2 is 1.86 bits per heavy atom. The third kappa shape index (κ3) is 3.46. The number of nitrogens with zero attached hydrogens (tertiary/aromatic N) is 3. The SMILES string of the molecule is Cc1noc(C)c1C(=O)OCC(=O)Nc1c(C)n(C)n(-c2ccccc2)c1=O. The molecule has 0 spiro atoms. The highest BCUT2D eigenvalue weighted by atomic mass is 16.5. The maximum absolute atomic E-state index is 12.8. The summed E-state index contributed by atoms with van der Waals surface area (Å²) < 4.78 is 13.0. The number of amides is 1. The van der Waals surface area contributed by atoms with Gasteiger partial charge in [0.15, 0.2) is 6.61 Å². The predicted octanol–water partition coefficient (Wildman–Crippen LogP) is 1.88. The number of aryl methyl sites for hydroxylation is 2. The van der Waals surface area contributed by atoms with Crippen LogP contribution in [0.1, 0.15) is 27.5 Å². The molecule has 1 N–H and O–H groups in total. The molecule has 0 aliphatic carbocycles. The van der Waals surface area contributed by atoms with Crippen LogP contribution in [0.15, 0.2) is 39.6 Å². The van der Waals surface area contributed by atoms with Crippen LogP contribution in [-0.2, 0) is 16.6 Å². The van der Waals surface area contributed by atoms with Crippen molar-refractivity contribution in [2.75, 3.05) is 11.9 Å². The van der Waals surface area contributed by atoms with Crippen molar-refractivity contribution in [2.45, 2.75) is 20.8 Å². The average molecular weight is 384 g/mol. The molecule has 146 valence electrons. The lowest BCUT2D eigenvalue weighted by Gasteiger charge is -2.07. The van der Waals surface area contributed by atoms with Crippen LogP contribution in [-0.4, -0.2) is 33.0 Å². The van der Waals surface area contributed by atoms with E-state index < -0.39 is 18.5 Å². The Morgan fingerprint density at radius 3 is 2.46 bits per heavy atom. The first-order chi connectivity index (χ1) is 13.3. The van der Waals surface area contributed by atoms with Crippen molar-refractivity contribution in [3.05, 3.63) is 63.4 Å². The molecule has 0 bridgehead atoms. The number of carbonyl (C=O) groups excluding carboxylic acids is 2. The van der Waals surface area contributed by atoms with Crippen LogP contribution in [0.3, 0.4) is 0 Å². The molecule has 0 atom stereocenters. The lowest BCUT2D eigenvalue weighted by atomic mass is 10.2. The van der Waals surface area contributed by atoms with Crippen molar-refractivity contribution >= 4 is 17.6 Å². The zero-order valence-electron chi connectivity index (χ0n) is 16.0. The number of nitrogens with one attached hydrogen (secondary N) is 1. The molecule has 3 aromatic rings. The van der Waals surface area contributed by atoms with Crippen LogP contribution >= 0.6 is 0 Å². The summed E-state index contributed by atoms with van der Waals surface area (Å²) in [6, 6.07) is 9.06. The second-order valence-electron chi connectivity index (χ2n) is 6.26. The Kier molecular flexibility index (Phi) is 5.16. The van der Waals surface area contributed by atoms with Crippen LogP contribution in [0.5, 0.6) is 0 Å². The Balaban J connectivity index is 1.75. The van der Waals surface area contributed by atoms with Crippen LogP contribution in [0.4, 0.5) is 5.69 Å². The number of rotatable bonds is 5. The highest BCUT2D eigenvalue weighted by molar-refractivity contribution is 5.96. The highest BCUT2D eigenvalue weighted by Gasteiger charge is 2.22. The lowest BCUT2D eigenvalue weighted by molar-refractivity contribution is -0.119. The minimum absolute atomic E-state index is 0.129. The van der Waals surface area contributed by atoms with Crippen molar-refractivity contribution in [2.24, 2.45) is 7.05 Å². The summed E-state index contributed by atoms with van der Waals surface area (Å²) in [5, 5.41) is 6.20. The molecule has 1 aromatic carbocycles. The van der Waals surface area contributed by atoms with Gasteiger partial charge in [-0.1, -0.05) is 23.4 Å². The Labute approximate surface area is 160 Å². The lowest BCUT2D eigenvalue weighted by Crippen LogP contribution is -2.26. The number of para-hydroxylation sites is 1. The van der Waals surface area contributed by atoms with Gasteiger partial charge >= 0.3 is 5.97 Å². The van der Waals surface area contributed by atoms with Crippen molar-refractivity contribution in [1.29, 1.82) is 0 Å². The second kappa shape index (κ2) is 7.55. The first-order valence-corrected chi connectivity index (χ1v) is 8.55. The molecule has 0 aliphatic heterocycles. The van der Waals surface area contributed by atoms with Gasteiger partial charge in [0.2, 0.25) is 0 Å². The minimum atomic E-state index is -0.710. The molecule has 0 saturated heterocycles. The first-order valence-electron chi connectivity index (χ1n) is 8.55. The van der Waals surface area contributed by atoms with Gasteiger partial charge in [0.25, 0.3) is 11.5 Å². The monoisotopic (exact) mass is 384 g/mol. The molecule has 9 nitrogen and oxygen atoms in total. The number of benzene rings is 1. The molecule has 0 saturated carbocycles. The van der Waals surface area contributed by atoms with Crippen molar-refractivity contribution in [1.82, 2.24) is 14.5 Å². The fourth-order valence-corrected chi connectivity index (χ4v) is 2.87. The van der Waals surface area contributed by atoms with Gasteiger partial charge in [-0.15, -0.1) is 0 Å². The summed E-state index contributed by atoms with van der Waals surface area (Å²) in [6.45, 7) is 4.36. The summed E-state index contributed by atoms with van der Waals surface area (Å²) in [4.78, 5) is 37.1. The van der Waals surface area contributed by atoms with Crippen molar-refractivity contribution < 1.29 is 18.8 Å². The third-order valence-electron chi connectivity index (χ3n) is 4.39. The summed E-state index contributed by atoms with van der Waals surface area (Å²) in [6.07, 6.45) is 0. The summed E-state index contributed by atoms with van der Waals surface area (Å²) in [7, 11) is 1.72. The Morgan fingerprint density at radius 1 is 1.18 bits per heavy atom. The number of carbonyl (C=O) groups is 2. The van der Waals surface area contributed by atoms with Gasteiger partial charge in [0.05, 0.1) is 17.1 Å². The van der Waals surface area contributed by atoms with E-state index in [4.69, 9.17) is 9.26 Å². The smallest absolute Gasteiger partial charge is 0.344 e. The maximum Gasteiger partial charge on any atom is 0.344 e. The van der Waals surface area contributed by atoms with Crippen LogP contribution in [0, 0.1) is 20.8 Å². The van der Waals surface area contributed by atoms with E-state index in [0.717, 1.165) is 0 Å². The van der Waals surface area contributed by atoms with E-state index in [1.54, 1.807) is 44.6 Å². The number of esters is 1. The van der Waals surface area contributed by atoms with Crippen LogP contribution in [0.2, 0.25) is 0 Å². The van der Waals surface area contributed by atoms with E-state index in [-0.39, 0.29) is 16.8 Å². The molecule has 1 amide bonds. The van der Waals surface area contributed by atoms with E-state index in [9.17, 15) is 14.4 Å². The molecule has 0 unspecified atom stereocenters. The van der Waals surface area contributed by atoms with Crippen LogP contribution in [0.25, 0.3) is 5.69 Å². The number of anilines is 1. The second-order valence-corrected chi connectivity index (χ2v) is 6.26. The molecule has 28 heavy (non-hydrogen) atoms. The number of hydrogen-bond acceptors (Lipinski definition) is 6. The van der Waals surface area contributed by atoms with Gasteiger partial charge < -0.3 is 14.6 Å². The van der Waals surface area contributed by atoms with Gasteiger partial charge in [0.1, 0.15) is 17.0 Å². The average Bonchev–Trinajstić information content (AvgIpc) is 3.11. The predicted molar refractivity (Wildman–Crippen MR) is 101 cm³/mol. The van der Waals surface area contributed by atoms with Crippen LogP contribution < -0.4 is 10.9 Å². The third-order valence-corrected chi connectivity index (χ3v) is 4.39.